The molecule has 0 heterocycles. The topological polar surface area (TPSA) is 43.1 Å². The molecule has 2 nitrogen and oxygen atoms in total. The Balaban J connectivity index is 0.000000845. The van der Waals surface area contributed by atoms with Crippen molar-refractivity contribution in [2.45, 2.75) is 12.5 Å². The third-order valence-corrected chi connectivity index (χ3v) is 2.35. The van der Waals surface area contributed by atoms with E-state index in [2.05, 4.69) is 0 Å². The van der Waals surface area contributed by atoms with E-state index in [1.807, 2.05) is 6.07 Å². The number of carbonyl (C=O) groups is 1. The van der Waals surface area contributed by atoms with Crippen molar-refractivity contribution in [3.05, 3.63) is 34.3 Å². The summed E-state index contributed by atoms with van der Waals surface area (Å²) in [5.41, 5.74) is 7.29. The zero-order valence-electron chi connectivity index (χ0n) is 6.79. The Morgan fingerprint density at radius 3 is 2.85 bits per heavy atom. The summed E-state index contributed by atoms with van der Waals surface area (Å²) in [5.74, 6) is 0.00694. The van der Waals surface area contributed by atoms with E-state index in [-0.39, 0.29) is 24.2 Å². The van der Waals surface area contributed by atoms with Gasteiger partial charge in [-0.05, 0) is 24.1 Å². The van der Waals surface area contributed by atoms with Crippen molar-refractivity contribution in [3.8, 4) is 0 Å². The Morgan fingerprint density at radius 2 is 2.15 bits per heavy atom. The molecule has 1 aromatic carbocycles. The molecule has 13 heavy (non-hydrogen) atoms. The molecule has 0 amide bonds. The van der Waals surface area contributed by atoms with Crippen LogP contribution >= 0.6 is 24.0 Å². The summed E-state index contributed by atoms with van der Waals surface area (Å²) < 4.78 is 0. The highest BCUT2D eigenvalue weighted by Crippen LogP contribution is 2.24. The monoisotopic (exact) mass is 217 g/mol. The maximum absolute atomic E-state index is 11.4. The second kappa shape index (κ2) is 3.66. The second-order valence-corrected chi connectivity index (χ2v) is 3.41. The largest absolute Gasteiger partial charge is 0.321 e. The molecule has 1 atom stereocenters. The van der Waals surface area contributed by atoms with Gasteiger partial charge in [-0.1, -0.05) is 17.7 Å². The summed E-state index contributed by atoms with van der Waals surface area (Å²) >= 11 is 5.74. The number of halogens is 2. The van der Waals surface area contributed by atoms with Crippen LogP contribution in [0.25, 0.3) is 0 Å². The molecule has 0 saturated carbocycles. The van der Waals surface area contributed by atoms with Gasteiger partial charge in [0, 0.05) is 10.6 Å². The number of ketones is 1. The van der Waals surface area contributed by atoms with Gasteiger partial charge in [-0.2, -0.15) is 0 Å². The molecule has 0 aromatic heterocycles. The molecule has 4 heteroatoms. The van der Waals surface area contributed by atoms with Gasteiger partial charge >= 0.3 is 0 Å². The van der Waals surface area contributed by atoms with Crippen LogP contribution in [0.2, 0.25) is 5.02 Å². The van der Waals surface area contributed by atoms with Gasteiger partial charge in [-0.3, -0.25) is 4.79 Å². The first kappa shape index (κ1) is 10.5. The van der Waals surface area contributed by atoms with Crippen LogP contribution in [0.4, 0.5) is 0 Å². The van der Waals surface area contributed by atoms with Crippen LogP contribution in [0.3, 0.4) is 0 Å². The van der Waals surface area contributed by atoms with Crippen LogP contribution in [0, 0.1) is 0 Å². The van der Waals surface area contributed by atoms with Gasteiger partial charge in [0.1, 0.15) is 0 Å². The van der Waals surface area contributed by atoms with Crippen molar-refractivity contribution >= 4 is 29.8 Å². The van der Waals surface area contributed by atoms with Gasteiger partial charge in [0.2, 0.25) is 0 Å². The molecule has 0 bridgehead atoms. The fourth-order valence-corrected chi connectivity index (χ4v) is 1.66. The van der Waals surface area contributed by atoms with Crippen LogP contribution in [0.15, 0.2) is 18.2 Å². The molecular formula is C9H9Cl2NO. The fourth-order valence-electron chi connectivity index (χ4n) is 1.49. The Hall–Kier alpha value is -0.570. The van der Waals surface area contributed by atoms with E-state index >= 15 is 0 Å². The second-order valence-electron chi connectivity index (χ2n) is 2.98. The lowest BCUT2D eigenvalue weighted by Gasteiger charge is -1.95. The van der Waals surface area contributed by atoms with E-state index in [0.29, 0.717) is 17.0 Å². The first-order valence-electron chi connectivity index (χ1n) is 3.76. The van der Waals surface area contributed by atoms with Crippen molar-refractivity contribution in [2.75, 3.05) is 0 Å². The van der Waals surface area contributed by atoms with Gasteiger partial charge < -0.3 is 5.73 Å². The standard InChI is InChI=1S/C9H8ClNO.ClH/c10-6-2-1-5-3-8(11)9(12)7(5)4-6;/h1-2,4,8H,3,11H2;1H. The maximum atomic E-state index is 11.4. The third-order valence-electron chi connectivity index (χ3n) is 2.11. The fraction of sp³-hybridized carbons (Fsp3) is 0.222. The van der Waals surface area contributed by atoms with Gasteiger partial charge in [-0.25, -0.2) is 0 Å². The summed E-state index contributed by atoms with van der Waals surface area (Å²) in [4.78, 5) is 11.4. The van der Waals surface area contributed by atoms with Crippen molar-refractivity contribution < 1.29 is 4.79 Å². The number of benzene rings is 1. The van der Waals surface area contributed by atoms with E-state index < -0.39 is 0 Å². The number of hydrogen-bond acceptors (Lipinski definition) is 2. The predicted octanol–water partition coefficient (Wildman–Crippen LogP) is 1.83. The average Bonchev–Trinajstić information content (AvgIpc) is 2.31. The van der Waals surface area contributed by atoms with Crippen molar-refractivity contribution in [1.29, 1.82) is 0 Å². The number of carbonyl (C=O) groups excluding carboxylic acids is 1. The van der Waals surface area contributed by atoms with Crippen LogP contribution < -0.4 is 5.73 Å². The summed E-state index contributed by atoms with van der Waals surface area (Å²) in [5, 5.41) is 0.594. The molecule has 1 unspecified atom stereocenters. The predicted molar refractivity (Wildman–Crippen MR) is 54.7 cm³/mol. The molecule has 2 N–H and O–H groups in total. The minimum absolute atomic E-state index is 0. The van der Waals surface area contributed by atoms with Crippen LogP contribution in [-0.2, 0) is 6.42 Å². The van der Waals surface area contributed by atoms with E-state index in [1.54, 1.807) is 12.1 Å². The van der Waals surface area contributed by atoms with Crippen molar-refractivity contribution in [2.24, 2.45) is 5.73 Å². The summed E-state index contributed by atoms with van der Waals surface area (Å²) in [7, 11) is 0. The van der Waals surface area contributed by atoms with E-state index in [4.69, 9.17) is 17.3 Å². The van der Waals surface area contributed by atoms with Gasteiger partial charge in [-0.15, -0.1) is 12.4 Å². The van der Waals surface area contributed by atoms with Crippen LogP contribution in [0.5, 0.6) is 0 Å². The van der Waals surface area contributed by atoms with E-state index in [1.165, 1.54) is 0 Å². The lowest BCUT2D eigenvalue weighted by Crippen LogP contribution is -2.26. The highest BCUT2D eigenvalue weighted by molar-refractivity contribution is 6.31. The molecule has 70 valence electrons. The number of nitrogens with two attached hydrogens (primary N) is 1. The molecule has 0 saturated heterocycles. The van der Waals surface area contributed by atoms with Crippen molar-refractivity contribution in [1.82, 2.24) is 0 Å². The molecule has 0 radical (unpaired) electrons. The lowest BCUT2D eigenvalue weighted by atomic mass is 10.1. The number of fused-ring (bicyclic) bond motifs is 1. The normalized spacial score (nSPS) is 19.5. The molecular weight excluding hydrogens is 209 g/mol. The minimum Gasteiger partial charge on any atom is -0.321 e. The first-order valence-corrected chi connectivity index (χ1v) is 4.14. The zero-order chi connectivity index (χ0) is 8.72. The molecule has 0 aliphatic heterocycles. The smallest absolute Gasteiger partial charge is 0.180 e. The van der Waals surface area contributed by atoms with Gasteiger partial charge in [0.25, 0.3) is 0 Å². The molecule has 0 fully saturated rings. The zero-order valence-corrected chi connectivity index (χ0v) is 8.36. The Morgan fingerprint density at radius 1 is 1.46 bits per heavy atom. The Kier molecular flexibility index (Phi) is 2.96. The van der Waals surface area contributed by atoms with E-state index in [0.717, 1.165) is 5.56 Å². The third kappa shape index (κ3) is 1.70. The molecule has 1 aliphatic rings. The molecule has 1 aliphatic carbocycles. The number of Topliss-reactive ketones (excluding diaryl/α,β-unsaturated/α-hetero) is 1. The Bertz CT molecular complexity index is 351. The van der Waals surface area contributed by atoms with Crippen molar-refractivity contribution in [3.63, 3.8) is 0 Å². The maximum Gasteiger partial charge on any atom is 0.180 e. The quantitative estimate of drug-likeness (QED) is 0.721. The molecule has 1 aromatic rings. The van der Waals surface area contributed by atoms with Crippen LogP contribution in [0.1, 0.15) is 15.9 Å². The molecule has 0 spiro atoms. The summed E-state index contributed by atoms with van der Waals surface area (Å²) in [6.45, 7) is 0. The summed E-state index contributed by atoms with van der Waals surface area (Å²) in [6.07, 6.45) is 0.644. The SMILES string of the molecule is Cl.NC1Cc2ccc(Cl)cc2C1=O. The van der Waals surface area contributed by atoms with E-state index in [9.17, 15) is 4.79 Å². The average molecular weight is 218 g/mol. The van der Waals surface area contributed by atoms with Gasteiger partial charge in [0.15, 0.2) is 5.78 Å². The number of rotatable bonds is 0. The molecule has 2 rings (SSSR count). The number of hydrogen-bond donors (Lipinski definition) is 1. The highest BCUT2D eigenvalue weighted by Gasteiger charge is 2.26. The summed E-state index contributed by atoms with van der Waals surface area (Å²) in [6, 6.07) is 4.97. The minimum atomic E-state index is -0.363. The Labute approximate surface area is 87.5 Å². The highest BCUT2D eigenvalue weighted by atomic mass is 35.5. The van der Waals surface area contributed by atoms with Gasteiger partial charge in [0.05, 0.1) is 6.04 Å². The first-order chi connectivity index (χ1) is 5.68. The lowest BCUT2D eigenvalue weighted by molar-refractivity contribution is 0.0974. The van der Waals surface area contributed by atoms with Crippen LogP contribution in [-0.4, -0.2) is 11.8 Å².